The number of aliphatic hydroxyl groups is 1. The van der Waals surface area contributed by atoms with E-state index in [0.29, 0.717) is 5.02 Å². The molecule has 1 unspecified atom stereocenters. The van der Waals surface area contributed by atoms with E-state index < -0.39 is 42.0 Å². The van der Waals surface area contributed by atoms with Gasteiger partial charge in [-0.25, -0.2) is 13.8 Å². The molecule has 7 nitrogen and oxygen atoms in total. The average Bonchev–Trinajstić information content (AvgIpc) is 3.27. The second-order valence-corrected chi connectivity index (χ2v) is 5.91. The van der Waals surface area contributed by atoms with Crippen LogP contribution < -0.4 is 5.43 Å². The van der Waals surface area contributed by atoms with Gasteiger partial charge in [0.1, 0.15) is 11.5 Å². The zero-order valence-electron chi connectivity index (χ0n) is 12.8. The number of halogens is 5. The van der Waals surface area contributed by atoms with Gasteiger partial charge in [0.05, 0.1) is 24.2 Å². The van der Waals surface area contributed by atoms with Gasteiger partial charge in [-0.15, -0.1) is 0 Å². The first kappa shape index (κ1) is 18.3. The summed E-state index contributed by atoms with van der Waals surface area (Å²) in [6, 6.07) is 2.55. The van der Waals surface area contributed by atoms with Crippen molar-refractivity contribution in [3.05, 3.63) is 52.8 Å². The molecule has 2 aromatic heterocycles. The van der Waals surface area contributed by atoms with E-state index in [1.54, 1.807) is 0 Å². The average molecular weight is 395 g/mol. The molecule has 0 aliphatic carbocycles. The molecule has 1 fully saturated rings. The Balaban J connectivity index is 1.83. The standard InChI is InChI=1S/C14H11ClF4N4O3/c15-7-4-20-22(5-7)6-8-1-2-10(26-8)12(24)23-14(25,13(18)19)3-9(21-23)11(16)17/h1-2,4-5,13,21,25H,3,6H2. The molecule has 0 saturated carbocycles. The fraction of sp³-hybridized carbons (Fsp3) is 0.286. The van der Waals surface area contributed by atoms with Gasteiger partial charge < -0.3 is 9.52 Å². The maximum atomic E-state index is 13.2. The Morgan fingerprint density at radius 1 is 1.46 bits per heavy atom. The van der Waals surface area contributed by atoms with Gasteiger partial charge in [-0.1, -0.05) is 11.6 Å². The lowest BCUT2D eigenvalue weighted by molar-refractivity contribution is -0.168. The van der Waals surface area contributed by atoms with Gasteiger partial charge in [-0.05, 0) is 12.1 Å². The number of hydrogen-bond acceptors (Lipinski definition) is 5. The molecule has 12 heteroatoms. The molecule has 1 atom stereocenters. The highest BCUT2D eigenvalue weighted by Crippen LogP contribution is 2.35. The molecule has 0 radical (unpaired) electrons. The molecular weight excluding hydrogens is 384 g/mol. The largest absolute Gasteiger partial charge is 0.454 e. The molecule has 0 bridgehead atoms. The monoisotopic (exact) mass is 394 g/mol. The fourth-order valence-electron chi connectivity index (χ4n) is 2.39. The third-order valence-corrected chi connectivity index (χ3v) is 3.84. The normalized spacial score (nSPS) is 20.0. The first-order valence-corrected chi connectivity index (χ1v) is 7.51. The van der Waals surface area contributed by atoms with Crippen molar-refractivity contribution in [1.82, 2.24) is 20.2 Å². The predicted octanol–water partition coefficient (Wildman–Crippen LogP) is 2.59. The first-order chi connectivity index (χ1) is 12.2. The zero-order chi connectivity index (χ0) is 19.1. The molecule has 1 saturated heterocycles. The highest BCUT2D eigenvalue weighted by Gasteiger charge is 2.54. The summed E-state index contributed by atoms with van der Waals surface area (Å²) in [5, 5.41) is 14.3. The van der Waals surface area contributed by atoms with Gasteiger partial charge in [-0.3, -0.25) is 14.9 Å². The topological polar surface area (TPSA) is 83.5 Å². The zero-order valence-corrected chi connectivity index (χ0v) is 13.6. The molecular formula is C14H11ClF4N4O3. The van der Waals surface area contributed by atoms with Gasteiger partial charge in [-0.2, -0.15) is 13.9 Å². The molecule has 0 spiro atoms. The number of rotatable bonds is 4. The molecule has 2 aromatic rings. The van der Waals surface area contributed by atoms with Gasteiger partial charge in [0.15, 0.2) is 5.76 Å². The second kappa shape index (κ2) is 6.65. The van der Waals surface area contributed by atoms with E-state index in [2.05, 4.69) is 5.10 Å². The number of carbonyl (C=O) groups is 1. The third kappa shape index (κ3) is 3.27. The van der Waals surface area contributed by atoms with E-state index in [-0.39, 0.29) is 17.3 Å². The summed E-state index contributed by atoms with van der Waals surface area (Å²) in [5.74, 6) is -1.42. The minimum Gasteiger partial charge on any atom is -0.454 e. The Bertz CT molecular complexity index is 864. The van der Waals surface area contributed by atoms with Crippen molar-refractivity contribution < 1.29 is 31.9 Å². The minimum absolute atomic E-state index is 0.0412. The van der Waals surface area contributed by atoms with Crippen molar-refractivity contribution >= 4 is 17.5 Å². The second-order valence-electron chi connectivity index (χ2n) is 5.47. The molecule has 1 aliphatic rings. The third-order valence-electron chi connectivity index (χ3n) is 3.64. The van der Waals surface area contributed by atoms with Crippen LogP contribution in [0.5, 0.6) is 0 Å². The summed E-state index contributed by atoms with van der Waals surface area (Å²) in [6.07, 6.45) is -4.07. The summed E-state index contributed by atoms with van der Waals surface area (Å²) < 4.78 is 58.4. The molecule has 26 heavy (non-hydrogen) atoms. The van der Waals surface area contributed by atoms with Crippen LogP contribution in [0.25, 0.3) is 0 Å². The molecule has 3 heterocycles. The number of hydrazine groups is 1. The van der Waals surface area contributed by atoms with Crippen LogP contribution in [0, 0.1) is 0 Å². The quantitative estimate of drug-likeness (QED) is 0.779. The number of amides is 1. The Morgan fingerprint density at radius 2 is 2.19 bits per heavy atom. The minimum atomic E-state index is -3.49. The van der Waals surface area contributed by atoms with Crippen LogP contribution in [0.1, 0.15) is 22.7 Å². The summed E-state index contributed by atoms with van der Waals surface area (Å²) in [5.41, 5.74) is -2.29. The number of carbonyl (C=O) groups excluding carboxylic acids is 1. The number of nitrogens with zero attached hydrogens (tertiary/aromatic N) is 3. The lowest BCUT2D eigenvalue weighted by Gasteiger charge is -2.30. The number of furan rings is 1. The summed E-state index contributed by atoms with van der Waals surface area (Å²) in [6.45, 7) is 0.0941. The van der Waals surface area contributed by atoms with Crippen LogP contribution in [0.15, 0.2) is 40.7 Å². The van der Waals surface area contributed by atoms with Gasteiger partial charge in [0, 0.05) is 6.20 Å². The van der Waals surface area contributed by atoms with Crippen molar-refractivity contribution in [2.24, 2.45) is 0 Å². The summed E-state index contributed by atoms with van der Waals surface area (Å²) >= 11 is 5.72. The number of hydrogen-bond donors (Lipinski definition) is 2. The fourth-order valence-corrected chi connectivity index (χ4v) is 2.55. The lowest BCUT2D eigenvalue weighted by atomic mass is 10.1. The van der Waals surface area contributed by atoms with Gasteiger partial charge >= 0.3 is 5.91 Å². The van der Waals surface area contributed by atoms with E-state index >= 15 is 0 Å². The number of aromatic nitrogens is 2. The molecule has 1 aliphatic heterocycles. The Labute approximate surface area is 148 Å². The maximum Gasteiger partial charge on any atom is 0.310 e. The van der Waals surface area contributed by atoms with Crippen LogP contribution in [0.4, 0.5) is 17.6 Å². The van der Waals surface area contributed by atoms with Gasteiger partial charge in [0.25, 0.3) is 12.5 Å². The van der Waals surface area contributed by atoms with Crippen molar-refractivity contribution in [2.75, 3.05) is 0 Å². The van der Waals surface area contributed by atoms with E-state index in [9.17, 15) is 27.5 Å². The summed E-state index contributed by atoms with van der Waals surface area (Å²) in [7, 11) is 0. The highest BCUT2D eigenvalue weighted by atomic mass is 35.5. The lowest BCUT2D eigenvalue weighted by Crippen LogP contribution is -2.55. The van der Waals surface area contributed by atoms with Crippen LogP contribution in [0.3, 0.4) is 0 Å². The van der Waals surface area contributed by atoms with Crippen molar-refractivity contribution in [2.45, 2.75) is 25.1 Å². The molecule has 3 rings (SSSR count). The van der Waals surface area contributed by atoms with Crippen LogP contribution in [-0.2, 0) is 6.54 Å². The maximum absolute atomic E-state index is 13.2. The molecule has 140 valence electrons. The first-order valence-electron chi connectivity index (χ1n) is 7.13. The van der Waals surface area contributed by atoms with E-state index in [1.807, 2.05) is 5.43 Å². The summed E-state index contributed by atoms with van der Waals surface area (Å²) in [4.78, 5) is 12.4. The van der Waals surface area contributed by atoms with E-state index in [0.717, 1.165) is 0 Å². The smallest absolute Gasteiger partial charge is 0.310 e. The Kier molecular flexibility index (Phi) is 4.67. The Morgan fingerprint density at radius 3 is 2.77 bits per heavy atom. The molecule has 2 N–H and O–H groups in total. The number of alkyl halides is 2. The SMILES string of the molecule is O=C(c1ccc(Cn2cc(Cl)cn2)o1)N1NC(=C(F)F)CC1(O)C(F)F. The predicted molar refractivity (Wildman–Crippen MR) is 79.2 cm³/mol. The van der Waals surface area contributed by atoms with Crippen LogP contribution in [-0.4, -0.2) is 38.0 Å². The van der Waals surface area contributed by atoms with E-state index in [4.69, 9.17) is 16.0 Å². The van der Waals surface area contributed by atoms with E-state index in [1.165, 1.54) is 29.2 Å². The van der Waals surface area contributed by atoms with Gasteiger partial charge in [0.2, 0.25) is 5.72 Å². The number of nitrogens with one attached hydrogen (secondary N) is 1. The van der Waals surface area contributed by atoms with Crippen molar-refractivity contribution in [3.8, 4) is 0 Å². The molecule has 1 amide bonds. The van der Waals surface area contributed by atoms with Crippen LogP contribution >= 0.6 is 11.6 Å². The highest BCUT2D eigenvalue weighted by molar-refractivity contribution is 6.30. The van der Waals surface area contributed by atoms with Crippen LogP contribution in [0.2, 0.25) is 5.02 Å². The van der Waals surface area contributed by atoms with Crippen molar-refractivity contribution in [3.63, 3.8) is 0 Å². The molecule has 0 aromatic carbocycles. The van der Waals surface area contributed by atoms with Crippen molar-refractivity contribution in [1.29, 1.82) is 0 Å². The Hall–Kier alpha value is -2.53.